The summed E-state index contributed by atoms with van der Waals surface area (Å²) in [5.41, 5.74) is 0.794. The van der Waals surface area contributed by atoms with Crippen LogP contribution in [0.4, 0.5) is 11.6 Å². The molecule has 2 aliphatic heterocycles. The molecule has 2 aliphatic rings. The van der Waals surface area contributed by atoms with Crippen LogP contribution < -0.4 is 14.5 Å². The normalized spacial score (nSPS) is 18.5. The molecule has 33 heavy (non-hydrogen) atoms. The Balaban J connectivity index is 1.34. The lowest BCUT2D eigenvalue weighted by atomic mass is 10.2. The fourth-order valence-corrected chi connectivity index (χ4v) is 5.82. The van der Waals surface area contributed by atoms with Crippen LogP contribution in [-0.2, 0) is 10.0 Å². The van der Waals surface area contributed by atoms with E-state index in [-0.39, 0.29) is 11.5 Å². The van der Waals surface area contributed by atoms with Gasteiger partial charge in [0.1, 0.15) is 5.75 Å². The number of rotatable bonds is 7. The average molecular weight is 477 g/mol. The monoisotopic (exact) mass is 476 g/mol. The van der Waals surface area contributed by atoms with Crippen LogP contribution >= 0.6 is 0 Å². The van der Waals surface area contributed by atoms with Crippen LogP contribution in [-0.4, -0.2) is 106 Å². The number of methoxy groups -OCH3 is 1. The van der Waals surface area contributed by atoms with Crippen LogP contribution in [0, 0.1) is 6.92 Å². The SMILES string of the molecule is COc1ccc(S(=O)(=O)N2CCN(c3ccc(N4CCN(CCO)CC4)nn3)CC2)cc1C. The molecule has 1 aromatic carbocycles. The van der Waals surface area contributed by atoms with Crippen LogP contribution in [0.5, 0.6) is 5.75 Å². The Morgan fingerprint density at radius 2 is 1.48 bits per heavy atom. The standard InChI is InChI=1S/C22H32N6O4S/c1-18-17-19(3-4-20(18)32-2)33(30,31)28-13-11-27(12-14-28)22-6-5-21(23-24-22)26-9-7-25(8-10-26)15-16-29/h3-6,17,29H,7-16H2,1-2H3. The van der Waals surface area contributed by atoms with E-state index in [2.05, 4.69) is 24.9 Å². The molecule has 0 radical (unpaired) electrons. The molecule has 0 atom stereocenters. The van der Waals surface area contributed by atoms with E-state index >= 15 is 0 Å². The maximum Gasteiger partial charge on any atom is 0.243 e. The van der Waals surface area contributed by atoms with Crippen molar-refractivity contribution in [1.82, 2.24) is 19.4 Å². The number of ether oxygens (including phenoxy) is 1. The highest BCUT2D eigenvalue weighted by Gasteiger charge is 2.29. The van der Waals surface area contributed by atoms with Crippen molar-refractivity contribution in [3.8, 4) is 5.75 Å². The summed E-state index contributed by atoms with van der Waals surface area (Å²) in [7, 11) is -1.98. The molecule has 10 nitrogen and oxygen atoms in total. The van der Waals surface area contributed by atoms with Gasteiger partial charge < -0.3 is 19.6 Å². The molecule has 2 saturated heterocycles. The van der Waals surface area contributed by atoms with Gasteiger partial charge in [0.05, 0.1) is 18.6 Å². The van der Waals surface area contributed by atoms with Crippen LogP contribution in [0.25, 0.3) is 0 Å². The van der Waals surface area contributed by atoms with E-state index in [1.165, 1.54) is 4.31 Å². The molecule has 0 saturated carbocycles. The molecule has 0 aliphatic carbocycles. The third-order valence-electron chi connectivity index (χ3n) is 6.32. The largest absolute Gasteiger partial charge is 0.496 e. The third-order valence-corrected chi connectivity index (χ3v) is 8.21. The maximum absolute atomic E-state index is 13.1. The van der Waals surface area contributed by atoms with Gasteiger partial charge in [-0.2, -0.15) is 4.31 Å². The summed E-state index contributed by atoms with van der Waals surface area (Å²) in [5, 5.41) is 17.9. The summed E-state index contributed by atoms with van der Waals surface area (Å²) in [6.07, 6.45) is 0. The maximum atomic E-state index is 13.1. The Morgan fingerprint density at radius 1 is 0.909 bits per heavy atom. The van der Waals surface area contributed by atoms with Crippen molar-refractivity contribution >= 4 is 21.7 Å². The Kier molecular flexibility index (Phi) is 7.32. The zero-order chi connectivity index (χ0) is 23.4. The number of hydrogen-bond acceptors (Lipinski definition) is 9. The van der Waals surface area contributed by atoms with Gasteiger partial charge in [-0.05, 0) is 42.8 Å². The fraction of sp³-hybridized carbons (Fsp3) is 0.545. The van der Waals surface area contributed by atoms with E-state index in [4.69, 9.17) is 9.84 Å². The van der Waals surface area contributed by atoms with Crippen molar-refractivity contribution in [3.63, 3.8) is 0 Å². The Morgan fingerprint density at radius 3 is 1.97 bits per heavy atom. The second-order valence-electron chi connectivity index (χ2n) is 8.32. The van der Waals surface area contributed by atoms with E-state index in [9.17, 15) is 8.42 Å². The average Bonchev–Trinajstić information content (AvgIpc) is 2.85. The summed E-state index contributed by atoms with van der Waals surface area (Å²) in [6, 6.07) is 8.89. The van der Waals surface area contributed by atoms with Crippen LogP contribution in [0.15, 0.2) is 35.2 Å². The molecule has 1 aromatic heterocycles. The van der Waals surface area contributed by atoms with Crippen molar-refractivity contribution in [3.05, 3.63) is 35.9 Å². The second kappa shape index (κ2) is 10.2. The van der Waals surface area contributed by atoms with Crippen molar-refractivity contribution < 1.29 is 18.3 Å². The Labute approximate surface area is 195 Å². The summed E-state index contributed by atoms with van der Waals surface area (Å²) < 4.78 is 32.9. The number of aliphatic hydroxyl groups excluding tert-OH is 1. The van der Waals surface area contributed by atoms with E-state index in [0.717, 1.165) is 43.4 Å². The van der Waals surface area contributed by atoms with Crippen molar-refractivity contribution in [1.29, 1.82) is 0 Å². The van der Waals surface area contributed by atoms with Gasteiger partial charge in [-0.1, -0.05) is 0 Å². The molecule has 0 amide bonds. The number of hydrogen-bond donors (Lipinski definition) is 1. The van der Waals surface area contributed by atoms with Crippen LogP contribution in [0.2, 0.25) is 0 Å². The Hall–Kier alpha value is -2.47. The number of nitrogens with zero attached hydrogens (tertiary/aromatic N) is 6. The smallest absolute Gasteiger partial charge is 0.243 e. The summed E-state index contributed by atoms with van der Waals surface area (Å²) in [4.78, 5) is 6.80. The van der Waals surface area contributed by atoms with E-state index in [0.29, 0.717) is 38.5 Å². The highest BCUT2D eigenvalue weighted by Crippen LogP contribution is 2.25. The summed E-state index contributed by atoms with van der Waals surface area (Å²) in [5.74, 6) is 2.28. The topological polar surface area (TPSA) is 102 Å². The number of sulfonamides is 1. The minimum absolute atomic E-state index is 0.183. The minimum atomic E-state index is -3.56. The van der Waals surface area contributed by atoms with Gasteiger partial charge in [0.2, 0.25) is 10.0 Å². The molecule has 0 bridgehead atoms. The Bertz CT molecular complexity index is 1030. The predicted octanol–water partition coefficient (Wildman–Crippen LogP) is 0.419. The number of β-amino-alcohol motifs (C(OH)–C–C–N with tert-alkyl or cyclic N) is 1. The molecular formula is C22H32N6O4S. The quantitative estimate of drug-likeness (QED) is 0.609. The first-order valence-electron chi connectivity index (χ1n) is 11.2. The van der Waals surface area contributed by atoms with Gasteiger partial charge in [-0.25, -0.2) is 8.42 Å². The minimum Gasteiger partial charge on any atom is -0.496 e. The van der Waals surface area contributed by atoms with Crippen molar-refractivity contribution in [2.45, 2.75) is 11.8 Å². The van der Waals surface area contributed by atoms with Gasteiger partial charge in [0.15, 0.2) is 11.6 Å². The molecule has 2 fully saturated rings. The van der Waals surface area contributed by atoms with Gasteiger partial charge in [0, 0.05) is 58.9 Å². The summed E-state index contributed by atoms with van der Waals surface area (Å²) in [6.45, 7) is 8.14. The number of anilines is 2. The zero-order valence-electron chi connectivity index (χ0n) is 19.2. The van der Waals surface area contributed by atoms with Crippen LogP contribution in [0.1, 0.15) is 5.56 Å². The highest BCUT2D eigenvalue weighted by molar-refractivity contribution is 7.89. The number of aromatic nitrogens is 2. The molecule has 0 unspecified atom stereocenters. The molecule has 2 aromatic rings. The lowest BCUT2D eigenvalue weighted by Crippen LogP contribution is -2.49. The third kappa shape index (κ3) is 5.21. The number of piperazine rings is 2. The second-order valence-corrected chi connectivity index (χ2v) is 10.3. The first kappa shape index (κ1) is 23.7. The molecule has 4 rings (SSSR count). The van der Waals surface area contributed by atoms with Crippen molar-refractivity contribution in [2.75, 3.05) is 82.4 Å². The van der Waals surface area contributed by atoms with E-state index in [1.54, 1.807) is 25.3 Å². The lowest BCUT2D eigenvalue weighted by molar-refractivity contribution is 0.188. The van der Waals surface area contributed by atoms with Crippen LogP contribution in [0.3, 0.4) is 0 Å². The van der Waals surface area contributed by atoms with Gasteiger partial charge >= 0.3 is 0 Å². The molecule has 11 heteroatoms. The molecule has 180 valence electrons. The number of benzene rings is 1. The lowest BCUT2D eigenvalue weighted by Gasteiger charge is -2.36. The summed E-state index contributed by atoms with van der Waals surface area (Å²) >= 11 is 0. The molecular weight excluding hydrogens is 444 g/mol. The molecule has 0 spiro atoms. The van der Waals surface area contributed by atoms with Crippen molar-refractivity contribution in [2.24, 2.45) is 0 Å². The number of aliphatic hydroxyl groups is 1. The fourth-order valence-electron chi connectivity index (χ4n) is 4.32. The van der Waals surface area contributed by atoms with Gasteiger partial charge in [-0.15, -0.1) is 10.2 Å². The predicted molar refractivity (Wildman–Crippen MR) is 126 cm³/mol. The molecule has 3 heterocycles. The van der Waals surface area contributed by atoms with Gasteiger partial charge in [-0.3, -0.25) is 4.90 Å². The van der Waals surface area contributed by atoms with E-state index in [1.807, 2.05) is 19.1 Å². The first-order valence-corrected chi connectivity index (χ1v) is 12.7. The highest BCUT2D eigenvalue weighted by atomic mass is 32.2. The van der Waals surface area contributed by atoms with E-state index < -0.39 is 10.0 Å². The first-order chi connectivity index (χ1) is 15.9. The number of aryl methyl sites for hydroxylation is 1. The van der Waals surface area contributed by atoms with Gasteiger partial charge in [0.25, 0.3) is 0 Å². The molecule has 1 N–H and O–H groups in total. The zero-order valence-corrected chi connectivity index (χ0v) is 20.0.